The van der Waals surface area contributed by atoms with Gasteiger partial charge in [0.15, 0.2) is 0 Å². The van der Waals surface area contributed by atoms with Crippen molar-refractivity contribution in [2.75, 3.05) is 46.5 Å². The van der Waals surface area contributed by atoms with Crippen molar-refractivity contribution in [1.82, 2.24) is 10.2 Å². The first-order valence-corrected chi connectivity index (χ1v) is 11.8. The Labute approximate surface area is 205 Å². The highest BCUT2D eigenvalue weighted by molar-refractivity contribution is 6.34. The molecule has 3 N–H and O–H groups in total. The van der Waals surface area contributed by atoms with Gasteiger partial charge < -0.3 is 34.6 Å². The second kappa shape index (κ2) is 13.2. The SMILES string of the molecule is COc1ccc(OC[C@@H](O)CNC2CCN(C[C@@H](O)COc3cc(Cl)ccc3Cl)CC2)cc1. The van der Waals surface area contributed by atoms with E-state index in [1.807, 2.05) is 24.3 Å². The number of ether oxygens (including phenoxy) is 3. The predicted molar refractivity (Wildman–Crippen MR) is 130 cm³/mol. The van der Waals surface area contributed by atoms with Crippen molar-refractivity contribution >= 4 is 23.2 Å². The van der Waals surface area contributed by atoms with E-state index in [2.05, 4.69) is 10.2 Å². The van der Waals surface area contributed by atoms with Crippen LogP contribution in [0.1, 0.15) is 12.8 Å². The summed E-state index contributed by atoms with van der Waals surface area (Å²) in [4.78, 5) is 2.22. The number of piperidine rings is 1. The number of nitrogens with one attached hydrogen (secondary N) is 1. The number of hydrogen-bond acceptors (Lipinski definition) is 7. The molecular weight excluding hydrogens is 467 g/mol. The van der Waals surface area contributed by atoms with Crippen LogP contribution < -0.4 is 19.5 Å². The zero-order valence-corrected chi connectivity index (χ0v) is 20.3. The summed E-state index contributed by atoms with van der Waals surface area (Å²) in [5.41, 5.74) is 0. The van der Waals surface area contributed by atoms with E-state index in [1.54, 1.807) is 25.3 Å². The van der Waals surface area contributed by atoms with E-state index in [0.29, 0.717) is 40.7 Å². The molecule has 2 aromatic carbocycles. The molecule has 0 spiro atoms. The number of nitrogens with zero attached hydrogens (tertiary/aromatic N) is 1. The Morgan fingerprint density at radius 2 is 1.64 bits per heavy atom. The Morgan fingerprint density at radius 1 is 0.970 bits per heavy atom. The maximum absolute atomic E-state index is 10.3. The second-order valence-electron chi connectivity index (χ2n) is 8.16. The lowest BCUT2D eigenvalue weighted by Gasteiger charge is -2.33. The van der Waals surface area contributed by atoms with E-state index in [-0.39, 0.29) is 13.2 Å². The third kappa shape index (κ3) is 8.85. The Balaban J connectivity index is 1.28. The van der Waals surface area contributed by atoms with Crippen LogP contribution in [0.15, 0.2) is 42.5 Å². The van der Waals surface area contributed by atoms with Crippen LogP contribution in [0.2, 0.25) is 10.0 Å². The largest absolute Gasteiger partial charge is 0.497 e. The van der Waals surface area contributed by atoms with Gasteiger partial charge in [0.1, 0.15) is 42.7 Å². The molecule has 0 aliphatic carbocycles. The molecule has 1 fully saturated rings. The second-order valence-corrected chi connectivity index (χ2v) is 9.01. The lowest BCUT2D eigenvalue weighted by Crippen LogP contribution is -2.47. The van der Waals surface area contributed by atoms with Gasteiger partial charge in [-0.15, -0.1) is 0 Å². The topological polar surface area (TPSA) is 83.4 Å². The molecule has 2 aromatic rings. The summed E-state index contributed by atoms with van der Waals surface area (Å²) in [6.07, 6.45) is 0.670. The number of aliphatic hydroxyl groups is 2. The number of halogens is 2. The zero-order valence-electron chi connectivity index (χ0n) is 18.8. The van der Waals surface area contributed by atoms with Crippen molar-refractivity contribution in [2.45, 2.75) is 31.1 Å². The molecule has 1 aliphatic rings. The van der Waals surface area contributed by atoms with Gasteiger partial charge in [-0.1, -0.05) is 23.2 Å². The number of likely N-dealkylation sites (tertiary alicyclic amines) is 1. The van der Waals surface area contributed by atoms with E-state index in [0.717, 1.165) is 31.7 Å². The van der Waals surface area contributed by atoms with Crippen LogP contribution in [0, 0.1) is 0 Å². The highest BCUT2D eigenvalue weighted by atomic mass is 35.5. The first-order chi connectivity index (χ1) is 15.9. The predicted octanol–water partition coefficient (Wildman–Crippen LogP) is 3.24. The number of β-amino-alcohol motifs (C(OH)–C–C–N with tert-alkyl or cyclic N) is 1. The smallest absolute Gasteiger partial charge is 0.139 e. The summed E-state index contributed by atoms with van der Waals surface area (Å²) in [6, 6.07) is 12.6. The molecule has 2 atom stereocenters. The molecule has 0 bridgehead atoms. The van der Waals surface area contributed by atoms with Crippen molar-refractivity contribution in [3.63, 3.8) is 0 Å². The molecule has 0 radical (unpaired) electrons. The quantitative estimate of drug-likeness (QED) is 0.414. The van der Waals surface area contributed by atoms with Gasteiger partial charge in [-0.25, -0.2) is 0 Å². The molecular formula is C24H32Cl2N2O5. The van der Waals surface area contributed by atoms with Gasteiger partial charge in [-0.3, -0.25) is 0 Å². The highest BCUT2D eigenvalue weighted by Crippen LogP contribution is 2.27. The fraction of sp³-hybridized carbons (Fsp3) is 0.500. The minimum atomic E-state index is -0.624. The molecule has 3 rings (SSSR count). The Bertz CT molecular complexity index is 847. The molecule has 182 valence electrons. The molecule has 9 heteroatoms. The summed E-state index contributed by atoms with van der Waals surface area (Å²) in [5, 5.41) is 25.0. The average molecular weight is 499 g/mol. The first-order valence-electron chi connectivity index (χ1n) is 11.1. The lowest BCUT2D eigenvalue weighted by atomic mass is 10.0. The van der Waals surface area contributed by atoms with E-state index in [4.69, 9.17) is 37.4 Å². The molecule has 1 heterocycles. The maximum Gasteiger partial charge on any atom is 0.139 e. The Hall–Kier alpha value is -1.74. The van der Waals surface area contributed by atoms with Crippen molar-refractivity contribution < 1.29 is 24.4 Å². The number of rotatable bonds is 12. The van der Waals surface area contributed by atoms with Gasteiger partial charge in [-0.2, -0.15) is 0 Å². The third-order valence-corrected chi connectivity index (χ3v) is 6.07. The molecule has 1 saturated heterocycles. The molecule has 1 aliphatic heterocycles. The molecule has 0 aromatic heterocycles. The third-order valence-electron chi connectivity index (χ3n) is 5.52. The summed E-state index contributed by atoms with van der Waals surface area (Å²) < 4.78 is 16.4. The minimum Gasteiger partial charge on any atom is -0.497 e. The monoisotopic (exact) mass is 498 g/mol. The number of benzene rings is 2. The maximum atomic E-state index is 10.3. The van der Waals surface area contributed by atoms with Gasteiger partial charge in [0.25, 0.3) is 0 Å². The van der Waals surface area contributed by atoms with Crippen molar-refractivity contribution in [2.24, 2.45) is 0 Å². The van der Waals surface area contributed by atoms with Crippen LogP contribution in [0.5, 0.6) is 17.2 Å². The summed E-state index contributed by atoms with van der Waals surface area (Å²) in [5.74, 6) is 1.94. The highest BCUT2D eigenvalue weighted by Gasteiger charge is 2.22. The fourth-order valence-corrected chi connectivity index (χ4v) is 4.00. The summed E-state index contributed by atoms with van der Waals surface area (Å²) in [6.45, 7) is 3.11. The summed E-state index contributed by atoms with van der Waals surface area (Å²) in [7, 11) is 1.62. The van der Waals surface area contributed by atoms with Gasteiger partial charge in [0.2, 0.25) is 0 Å². The van der Waals surface area contributed by atoms with E-state index < -0.39 is 12.2 Å². The lowest BCUT2D eigenvalue weighted by molar-refractivity contribution is 0.0556. The van der Waals surface area contributed by atoms with Crippen LogP contribution in [-0.2, 0) is 0 Å². The standard InChI is InChI=1S/C24H32Cl2N2O5/c1-31-21-3-5-22(6-4-21)32-15-19(29)13-27-18-8-10-28(11-9-18)14-20(30)16-33-24-12-17(25)2-7-23(24)26/h2-7,12,18-20,27,29-30H,8-11,13-16H2,1H3/t19-,20+/m0/s1. The van der Waals surface area contributed by atoms with Gasteiger partial charge in [-0.05, 0) is 62.3 Å². The zero-order chi connectivity index (χ0) is 23.6. The fourth-order valence-electron chi connectivity index (χ4n) is 3.67. The summed E-state index contributed by atoms with van der Waals surface area (Å²) >= 11 is 12.0. The molecule has 0 amide bonds. The molecule has 0 unspecified atom stereocenters. The van der Waals surface area contributed by atoms with Gasteiger partial charge in [0, 0.05) is 30.2 Å². The van der Waals surface area contributed by atoms with Crippen LogP contribution in [0.3, 0.4) is 0 Å². The number of aliphatic hydroxyl groups excluding tert-OH is 2. The first kappa shape index (κ1) is 25.9. The van der Waals surface area contributed by atoms with E-state index in [9.17, 15) is 10.2 Å². The Kier molecular flexibility index (Phi) is 10.4. The molecule has 0 saturated carbocycles. The minimum absolute atomic E-state index is 0.151. The normalized spacial score (nSPS) is 16.9. The van der Waals surface area contributed by atoms with E-state index >= 15 is 0 Å². The van der Waals surface area contributed by atoms with Crippen LogP contribution in [0.4, 0.5) is 0 Å². The number of methoxy groups -OCH3 is 1. The van der Waals surface area contributed by atoms with Gasteiger partial charge in [0.05, 0.1) is 12.1 Å². The molecule has 33 heavy (non-hydrogen) atoms. The van der Waals surface area contributed by atoms with Crippen LogP contribution in [0.25, 0.3) is 0 Å². The van der Waals surface area contributed by atoms with Crippen LogP contribution >= 0.6 is 23.2 Å². The van der Waals surface area contributed by atoms with Gasteiger partial charge >= 0.3 is 0 Å². The van der Waals surface area contributed by atoms with E-state index in [1.165, 1.54) is 0 Å². The Morgan fingerprint density at radius 3 is 2.33 bits per heavy atom. The van der Waals surface area contributed by atoms with Crippen molar-refractivity contribution in [3.05, 3.63) is 52.5 Å². The average Bonchev–Trinajstić information content (AvgIpc) is 2.83. The van der Waals surface area contributed by atoms with Crippen molar-refractivity contribution in [3.8, 4) is 17.2 Å². The number of hydrogen-bond donors (Lipinski definition) is 3. The molecule has 7 nitrogen and oxygen atoms in total. The van der Waals surface area contributed by atoms with Crippen molar-refractivity contribution in [1.29, 1.82) is 0 Å². The van der Waals surface area contributed by atoms with Crippen LogP contribution in [-0.4, -0.2) is 79.9 Å².